The lowest BCUT2D eigenvalue weighted by Crippen LogP contribution is -2.56. The highest BCUT2D eigenvalue weighted by molar-refractivity contribution is 6.07. The predicted molar refractivity (Wildman–Crippen MR) is 80.8 cm³/mol. The zero-order chi connectivity index (χ0) is 15.9. The van der Waals surface area contributed by atoms with Gasteiger partial charge in [0.05, 0.1) is 12.7 Å². The molecule has 0 aliphatic carbocycles. The molecule has 1 aromatic carbocycles. The number of hydrogen-bond donors (Lipinski definition) is 1. The standard InChI is InChI=1S/C16H22N2O4/c1-12(21-2)10-18-9-8-14(19)15(16(18)20)17-22-11-13-6-4-3-5-7-13/h3-7,12,15,17H,8-11H2,1-2H3. The lowest BCUT2D eigenvalue weighted by molar-refractivity contribution is -0.150. The third-order valence-electron chi connectivity index (χ3n) is 3.67. The Bertz CT molecular complexity index is 506. The van der Waals surface area contributed by atoms with E-state index in [-0.39, 0.29) is 17.8 Å². The van der Waals surface area contributed by atoms with E-state index < -0.39 is 6.04 Å². The summed E-state index contributed by atoms with van der Waals surface area (Å²) >= 11 is 0. The van der Waals surface area contributed by atoms with Crippen molar-refractivity contribution >= 4 is 11.7 Å². The summed E-state index contributed by atoms with van der Waals surface area (Å²) in [5.41, 5.74) is 3.58. The number of hydrogen-bond acceptors (Lipinski definition) is 5. The maximum absolute atomic E-state index is 12.3. The molecule has 1 aromatic rings. The highest BCUT2D eigenvalue weighted by Crippen LogP contribution is 2.11. The van der Waals surface area contributed by atoms with Crippen LogP contribution in [-0.4, -0.2) is 48.9 Å². The minimum Gasteiger partial charge on any atom is -0.380 e. The van der Waals surface area contributed by atoms with Crippen LogP contribution in [0, 0.1) is 0 Å². The number of benzene rings is 1. The summed E-state index contributed by atoms with van der Waals surface area (Å²) in [6.45, 7) is 3.09. The second-order valence-corrected chi connectivity index (χ2v) is 5.37. The zero-order valence-electron chi connectivity index (χ0n) is 13.0. The Labute approximate surface area is 130 Å². The Morgan fingerprint density at radius 2 is 2.05 bits per heavy atom. The van der Waals surface area contributed by atoms with Crippen LogP contribution in [0.5, 0.6) is 0 Å². The normalized spacial score (nSPS) is 20.3. The minimum atomic E-state index is -0.929. The summed E-state index contributed by atoms with van der Waals surface area (Å²) in [6.07, 6.45) is 0.261. The van der Waals surface area contributed by atoms with Crippen LogP contribution < -0.4 is 5.48 Å². The second-order valence-electron chi connectivity index (χ2n) is 5.37. The number of rotatable bonds is 7. The zero-order valence-corrected chi connectivity index (χ0v) is 13.0. The monoisotopic (exact) mass is 306 g/mol. The molecule has 1 heterocycles. The molecule has 1 amide bonds. The molecule has 0 aromatic heterocycles. The summed E-state index contributed by atoms with van der Waals surface area (Å²) in [5, 5.41) is 0. The van der Waals surface area contributed by atoms with E-state index in [1.54, 1.807) is 12.0 Å². The average molecular weight is 306 g/mol. The first kappa shape index (κ1) is 16.6. The van der Waals surface area contributed by atoms with Crippen LogP contribution in [0.15, 0.2) is 30.3 Å². The number of piperidine rings is 1. The van der Waals surface area contributed by atoms with Gasteiger partial charge in [-0.15, -0.1) is 0 Å². The number of ketones is 1. The van der Waals surface area contributed by atoms with Gasteiger partial charge in [-0.3, -0.25) is 14.4 Å². The number of carbonyl (C=O) groups is 2. The molecule has 1 N–H and O–H groups in total. The average Bonchev–Trinajstić information content (AvgIpc) is 2.54. The van der Waals surface area contributed by atoms with Gasteiger partial charge in [-0.1, -0.05) is 30.3 Å². The number of ether oxygens (including phenoxy) is 1. The third kappa shape index (κ3) is 4.37. The van der Waals surface area contributed by atoms with Crippen molar-refractivity contribution in [2.45, 2.75) is 32.1 Å². The lowest BCUT2D eigenvalue weighted by Gasteiger charge is -2.32. The fourth-order valence-electron chi connectivity index (χ4n) is 2.28. The SMILES string of the molecule is COC(C)CN1CCC(=O)C(NOCc2ccccc2)C1=O. The van der Waals surface area contributed by atoms with Gasteiger partial charge in [0.2, 0.25) is 5.91 Å². The first-order chi connectivity index (χ1) is 10.6. The summed E-state index contributed by atoms with van der Waals surface area (Å²) in [4.78, 5) is 31.2. The molecule has 1 aliphatic heterocycles. The van der Waals surface area contributed by atoms with Gasteiger partial charge in [-0.25, -0.2) is 0 Å². The first-order valence-electron chi connectivity index (χ1n) is 7.37. The Hall–Kier alpha value is -1.76. The van der Waals surface area contributed by atoms with Gasteiger partial charge in [-0.2, -0.15) is 5.48 Å². The molecule has 1 fully saturated rings. The van der Waals surface area contributed by atoms with Crippen molar-refractivity contribution in [2.24, 2.45) is 0 Å². The van der Waals surface area contributed by atoms with Crippen molar-refractivity contribution in [1.29, 1.82) is 0 Å². The molecule has 22 heavy (non-hydrogen) atoms. The van der Waals surface area contributed by atoms with E-state index in [1.807, 2.05) is 37.3 Å². The van der Waals surface area contributed by atoms with Crippen molar-refractivity contribution in [2.75, 3.05) is 20.2 Å². The van der Waals surface area contributed by atoms with Crippen LogP contribution in [0.1, 0.15) is 18.9 Å². The van der Waals surface area contributed by atoms with Gasteiger partial charge in [0.25, 0.3) is 0 Å². The fraction of sp³-hybridized carbons (Fsp3) is 0.500. The molecule has 0 spiro atoms. The van der Waals surface area contributed by atoms with Crippen LogP contribution in [-0.2, 0) is 25.8 Å². The molecule has 2 atom stereocenters. The maximum Gasteiger partial charge on any atom is 0.249 e. The van der Waals surface area contributed by atoms with E-state index in [1.165, 1.54) is 0 Å². The molecule has 1 aliphatic rings. The number of amides is 1. The molecule has 2 unspecified atom stereocenters. The Morgan fingerprint density at radius 1 is 1.32 bits per heavy atom. The highest BCUT2D eigenvalue weighted by atomic mass is 16.6. The molecule has 0 saturated carbocycles. The van der Waals surface area contributed by atoms with Crippen molar-refractivity contribution in [1.82, 2.24) is 10.4 Å². The van der Waals surface area contributed by atoms with Crippen molar-refractivity contribution in [3.05, 3.63) is 35.9 Å². The number of nitrogens with one attached hydrogen (secondary N) is 1. The van der Waals surface area contributed by atoms with E-state index in [4.69, 9.17) is 9.57 Å². The molecular formula is C16H22N2O4. The van der Waals surface area contributed by atoms with Gasteiger partial charge >= 0.3 is 0 Å². The van der Waals surface area contributed by atoms with E-state index in [0.29, 0.717) is 26.1 Å². The topological polar surface area (TPSA) is 67.9 Å². The number of Topliss-reactive ketones (excluding diaryl/α,β-unsaturated/α-hetero) is 1. The second kappa shape index (κ2) is 8.03. The largest absolute Gasteiger partial charge is 0.380 e. The van der Waals surface area contributed by atoms with Crippen LogP contribution in [0.3, 0.4) is 0 Å². The quantitative estimate of drug-likeness (QED) is 0.599. The molecule has 0 bridgehead atoms. The van der Waals surface area contributed by atoms with Crippen molar-refractivity contribution in [3.8, 4) is 0 Å². The summed E-state index contributed by atoms with van der Waals surface area (Å²) in [6, 6.07) is 8.63. The van der Waals surface area contributed by atoms with Crippen LogP contribution >= 0.6 is 0 Å². The fourth-order valence-corrected chi connectivity index (χ4v) is 2.28. The van der Waals surface area contributed by atoms with E-state index in [9.17, 15) is 9.59 Å². The molecule has 120 valence electrons. The lowest BCUT2D eigenvalue weighted by atomic mass is 10.0. The number of methoxy groups -OCH3 is 1. The van der Waals surface area contributed by atoms with E-state index >= 15 is 0 Å². The van der Waals surface area contributed by atoms with Gasteiger partial charge in [0.15, 0.2) is 11.8 Å². The van der Waals surface area contributed by atoms with Gasteiger partial charge < -0.3 is 9.64 Å². The van der Waals surface area contributed by atoms with Crippen LogP contribution in [0.25, 0.3) is 0 Å². The Kier molecular flexibility index (Phi) is 6.06. The number of carbonyl (C=O) groups excluding carboxylic acids is 2. The summed E-state index contributed by atoms with van der Waals surface area (Å²) < 4.78 is 5.17. The Morgan fingerprint density at radius 3 is 2.73 bits per heavy atom. The molecule has 0 radical (unpaired) electrons. The molecular weight excluding hydrogens is 284 g/mol. The number of hydroxylamine groups is 1. The predicted octanol–water partition coefficient (Wildman–Crippen LogP) is 0.913. The highest BCUT2D eigenvalue weighted by Gasteiger charge is 2.35. The molecule has 6 heteroatoms. The smallest absolute Gasteiger partial charge is 0.249 e. The minimum absolute atomic E-state index is 0.0666. The van der Waals surface area contributed by atoms with Crippen molar-refractivity contribution < 1.29 is 19.2 Å². The number of nitrogens with zero attached hydrogens (tertiary/aromatic N) is 1. The first-order valence-corrected chi connectivity index (χ1v) is 7.37. The maximum atomic E-state index is 12.3. The summed E-state index contributed by atoms with van der Waals surface area (Å²) in [5.74, 6) is -0.396. The van der Waals surface area contributed by atoms with Crippen LogP contribution in [0.2, 0.25) is 0 Å². The van der Waals surface area contributed by atoms with Gasteiger partial charge in [-0.05, 0) is 12.5 Å². The molecule has 2 rings (SSSR count). The summed E-state index contributed by atoms with van der Waals surface area (Å²) in [7, 11) is 1.60. The Balaban J connectivity index is 1.87. The van der Waals surface area contributed by atoms with E-state index in [2.05, 4.69) is 5.48 Å². The van der Waals surface area contributed by atoms with Gasteiger partial charge in [0.1, 0.15) is 0 Å². The molecule has 1 saturated heterocycles. The number of likely N-dealkylation sites (tertiary alicyclic amines) is 1. The third-order valence-corrected chi connectivity index (χ3v) is 3.67. The van der Waals surface area contributed by atoms with Crippen LogP contribution in [0.4, 0.5) is 0 Å². The van der Waals surface area contributed by atoms with Crippen molar-refractivity contribution in [3.63, 3.8) is 0 Å². The molecule has 6 nitrogen and oxygen atoms in total. The van der Waals surface area contributed by atoms with Gasteiger partial charge in [0, 0.05) is 26.6 Å². The van der Waals surface area contributed by atoms with E-state index in [0.717, 1.165) is 5.56 Å².